The molecule has 0 fully saturated rings. The van der Waals surface area contributed by atoms with E-state index in [0.717, 1.165) is 66.3 Å². The van der Waals surface area contributed by atoms with Crippen molar-refractivity contribution in [3.05, 3.63) is 188 Å². The van der Waals surface area contributed by atoms with Crippen LogP contribution in [0.25, 0.3) is 100 Å². The second-order valence-corrected chi connectivity index (χ2v) is 13.2. The maximum Gasteiger partial charge on any atom is 0.164 e. The summed E-state index contributed by atoms with van der Waals surface area (Å²) in [6.45, 7) is 0. The van der Waals surface area contributed by atoms with Crippen molar-refractivity contribution in [2.45, 2.75) is 0 Å². The molecule has 0 spiro atoms. The number of hydrogen-bond donors (Lipinski definition) is 0. The molecule has 0 saturated carbocycles. The zero-order valence-corrected chi connectivity index (χ0v) is 28.6. The molecule has 0 aliphatic rings. The molecule has 10 rings (SSSR count). The van der Waals surface area contributed by atoms with Crippen LogP contribution in [0.3, 0.4) is 0 Å². The predicted molar refractivity (Wildman–Crippen MR) is 217 cm³/mol. The van der Waals surface area contributed by atoms with Crippen LogP contribution in [0, 0.1) is 0 Å². The van der Waals surface area contributed by atoms with Crippen molar-refractivity contribution >= 4 is 32.7 Å². The van der Waals surface area contributed by atoms with E-state index < -0.39 is 0 Å². The normalized spacial score (nSPS) is 11.4. The highest BCUT2D eigenvalue weighted by Crippen LogP contribution is 2.42. The molecule has 2 heterocycles. The summed E-state index contributed by atoms with van der Waals surface area (Å²) in [5, 5.41) is 4.35. The number of nitrogens with zero attached hydrogens (tertiary/aromatic N) is 3. The molecule has 4 heteroatoms. The Bertz CT molecular complexity index is 2920. The van der Waals surface area contributed by atoms with Crippen LogP contribution in [0.5, 0.6) is 0 Å². The topological polar surface area (TPSA) is 51.8 Å². The summed E-state index contributed by atoms with van der Waals surface area (Å²) in [5.41, 5.74) is 11.1. The molecule has 0 bridgehead atoms. The minimum Gasteiger partial charge on any atom is -0.456 e. The highest BCUT2D eigenvalue weighted by molar-refractivity contribution is 6.14. The van der Waals surface area contributed by atoms with E-state index in [0.29, 0.717) is 17.5 Å². The smallest absolute Gasteiger partial charge is 0.164 e. The van der Waals surface area contributed by atoms with E-state index in [4.69, 9.17) is 19.4 Å². The first-order valence-electron chi connectivity index (χ1n) is 17.8. The summed E-state index contributed by atoms with van der Waals surface area (Å²) < 4.78 is 6.60. The van der Waals surface area contributed by atoms with Gasteiger partial charge in [0.15, 0.2) is 17.5 Å². The number of para-hydroxylation sites is 1. The van der Waals surface area contributed by atoms with E-state index in [-0.39, 0.29) is 0 Å². The number of rotatable bonds is 6. The van der Waals surface area contributed by atoms with Gasteiger partial charge in [0.2, 0.25) is 0 Å². The molecule has 0 atom stereocenters. The Labute approximate surface area is 306 Å². The van der Waals surface area contributed by atoms with E-state index in [1.54, 1.807) is 0 Å². The van der Waals surface area contributed by atoms with Crippen molar-refractivity contribution in [3.63, 3.8) is 0 Å². The summed E-state index contributed by atoms with van der Waals surface area (Å²) in [6, 6.07) is 65.1. The number of hydrogen-bond acceptors (Lipinski definition) is 4. The van der Waals surface area contributed by atoms with E-state index in [1.165, 1.54) is 16.5 Å². The van der Waals surface area contributed by atoms with Crippen LogP contribution in [-0.4, -0.2) is 15.0 Å². The molecular weight excluding hydrogens is 647 g/mol. The second kappa shape index (κ2) is 12.9. The number of aromatic nitrogens is 3. The molecule has 0 radical (unpaired) electrons. The van der Waals surface area contributed by atoms with Crippen molar-refractivity contribution in [1.29, 1.82) is 0 Å². The van der Waals surface area contributed by atoms with Gasteiger partial charge in [-0.15, -0.1) is 0 Å². The lowest BCUT2D eigenvalue weighted by Gasteiger charge is -2.14. The van der Waals surface area contributed by atoms with Crippen molar-refractivity contribution in [2.24, 2.45) is 0 Å². The van der Waals surface area contributed by atoms with Gasteiger partial charge in [-0.2, -0.15) is 0 Å². The lowest BCUT2D eigenvalue weighted by Crippen LogP contribution is -2.00. The Morgan fingerprint density at radius 2 is 0.736 bits per heavy atom. The standard InChI is InChI=1S/C49H31N3O/c1-4-14-32(15-5-1)33-24-26-36(27-25-33)48-50-47(35-18-8-3-9-19-35)51-49(52-48)43-30-37(31-45-46(43)42-22-12-13-23-44(42)53-45)39-29-28-38(34-16-6-2-7-17-34)40-20-10-11-21-41(39)40/h1-31H. The summed E-state index contributed by atoms with van der Waals surface area (Å²) in [6.07, 6.45) is 0. The predicted octanol–water partition coefficient (Wildman–Crippen LogP) is 12.9. The molecule has 0 N–H and O–H groups in total. The van der Waals surface area contributed by atoms with Gasteiger partial charge in [-0.1, -0.05) is 170 Å². The van der Waals surface area contributed by atoms with E-state index >= 15 is 0 Å². The second-order valence-electron chi connectivity index (χ2n) is 13.2. The van der Waals surface area contributed by atoms with E-state index in [2.05, 4.69) is 133 Å². The van der Waals surface area contributed by atoms with Gasteiger partial charge in [0.25, 0.3) is 0 Å². The van der Waals surface area contributed by atoms with E-state index in [1.807, 2.05) is 54.6 Å². The van der Waals surface area contributed by atoms with Crippen LogP contribution in [-0.2, 0) is 0 Å². The molecular formula is C49H31N3O. The van der Waals surface area contributed by atoms with E-state index in [9.17, 15) is 0 Å². The lowest BCUT2D eigenvalue weighted by atomic mass is 9.90. The third kappa shape index (κ3) is 5.54. The van der Waals surface area contributed by atoms with Crippen LogP contribution in [0.4, 0.5) is 0 Å². The quantitative estimate of drug-likeness (QED) is 0.176. The largest absolute Gasteiger partial charge is 0.456 e. The van der Waals surface area contributed by atoms with Crippen molar-refractivity contribution < 1.29 is 4.42 Å². The van der Waals surface area contributed by atoms with Crippen molar-refractivity contribution in [3.8, 4) is 67.5 Å². The lowest BCUT2D eigenvalue weighted by molar-refractivity contribution is 0.669. The fraction of sp³-hybridized carbons (Fsp3) is 0. The van der Waals surface area contributed by atoms with Crippen molar-refractivity contribution in [1.82, 2.24) is 15.0 Å². The van der Waals surface area contributed by atoms with Gasteiger partial charge in [-0.25, -0.2) is 15.0 Å². The molecule has 2 aromatic heterocycles. The van der Waals surface area contributed by atoms with Gasteiger partial charge in [0.1, 0.15) is 11.2 Å². The van der Waals surface area contributed by atoms with Gasteiger partial charge < -0.3 is 4.42 Å². The maximum atomic E-state index is 6.60. The zero-order valence-electron chi connectivity index (χ0n) is 28.6. The molecule has 4 nitrogen and oxygen atoms in total. The Hall–Kier alpha value is -7.17. The molecule has 10 aromatic rings. The molecule has 53 heavy (non-hydrogen) atoms. The first kappa shape index (κ1) is 30.6. The van der Waals surface area contributed by atoms with Gasteiger partial charge >= 0.3 is 0 Å². The molecule has 8 aromatic carbocycles. The highest BCUT2D eigenvalue weighted by Gasteiger charge is 2.21. The summed E-state index contributed by atoms with van der Waals surface area (Å²) in [5.74, 6) is 1.81. The first-order valence-corrected chi connectivity index (χ1v) is 17.8. The molecule has 0 aliphatic heterocycles. The number of fused-ring (bicyclic) bond motifs is 4. The third-order valence-corrected chi connectivity index (χ3v) is 9.96. The Morgan fingerprint density at radius 1 is 0.283 bits per heavy atom. The van der Waals surface area contributed by atoms with Crippen LogP contribution in [0.15, 0.2) is 192 Å². The summed E-state index contributed by atoms with van der Waals surface area (Å²) >= 11 is 0. The van der Waals surface area contributed by atoms with Crippen LogP contribution in [0.1, 0.15) is 0 Å². The minimum absolute atomic E-state index is 0.588. The Morgan fingerprint density at radius 3 is 1.38 bits per heavy atom. The molecule has 0 saturated heterocycles. The highest BCUT2D eigenvalue weighted by atomic mass is 16.3. The molecule has 0 aliphatic carbocycles. The number of benzene rings is 8. The van der Waals surface area contributed by atoms with Crippen LogP contribution in [0.2, 0.25) is 0 Å². The molecule has 0 unspecified atom stereocenters. The average Bonchev–Trinajstić information content (AvgIpc) is 3.62. The zero-order chi connectivity index (χ0) is 35.1. The monoisotopic (exact) mass is 677 g/mol. The van der Waals surface area contributed by atoms with Crippen LogP contribution >= 0.6 is 0 Å². The SMILES string of the molecule is c1ccc(-c2ccc(-c3nc(-c4ccccc4)nc(-c4cc(-c5ccc(-c6ccccc6)c6ccccc56)cc5oc6ccccc6c45)n3)cc2)cc1. The minimum atomic E-state index is 0.588. The van der Waals surface area contributed by atoms with Gasteiger partial charge in [-0.3, -0.25) is 0 Å². The van der Waals surface area contributed by atoms with Gasteiger partial charge in [-0.05, 0) is 62.4 Å². The van der Waals surface area contributed by atoms with Crippen molar-refractivity contribution in [2.75, 3.05) is 0 Å². The van der Waals surface area contributed by atoms with Crippen LogP contribution < -0.4 is 0 Å². The summed E-state index contributed by atoms with van der Waals surface area (Å²) in [4.78, 5) is 15.5. The molecule has 248 valence electrons. The Balaban J connectivity index is 1.21. The summed E-state index contributed by atoms with van der Waals surface area (Å²) in [7, 11) is 0. The maximum absolute atomic E-state index is 6.60. The fourth-order valence-corrected chi connectivity index (χ4v) is 7.39. The molecule has 0 amide bonds. The average molecular weight is 678 g/mol. The first-order chi connectivity index (χ1) is 26.3. The van der Waals surface area contributed by atoms with Gasteiger partial charge in [0.05, 0.1) is 0 Å². The Kier molecular flexibility index (Phi) is 7.43. The third-order valence-electron chi connectivity index (χ3n) is 9.96. The van der Waals surface area contributed by atoms with Gasteiger partial charge in [0, 0.05) is 27.5 Å². The number of furan rings is 1. The fourth-order valence-electron chi connectivity index (χ4n) is 7.39.